The van der Waals surface area contributed by atoms with Gasteiger partial charge < -0.3 is 55.2 Å². The van der Waals surface area contributed by atoms with Gasteiger partial charge in [0.05, 0.1) is 36.2 Å². The summed E-state index contributed by atoms with van der Waals surface area (Å²) in [5, 5.41) is 44.2. The van der Waals surface area contributed by atoms with Crippen molar-refractivity contribution in [1.29, 1.82) is 0 Å². The minimum absolute atomic E-state index is 0.00920. The zero-order chi connectivity index (χ0) is 36.2. The molecule has 50 heavy (non-hydrogen) atoms. The van der Waals surface area contributed by atoms with Crippen LogP contribution in [0.15, 0.2) is 59.5 Å². The fourth-order valence-electron chi connectivity index (χ4n) is 6.28. The Labute approximate surface area is 290 Å². The molecule has 2 aromatic carbocycles. The van der Waals surface area contributed by atoms with Crippen LogP contribution in [0, 0.1) is 11.8 Å². The molecule has 3 fully saturated rings. The standard InChI is InChI=1S/C33H45N3O13S/c1-18(2)15-36(50(43,44)21-10-8-20(34)9-11-21)16-24(47-32-28(39)26(37)27(38)29(49-32)30(40)41)23(14-19-6-4-3-5-7-19)35-33(42)48-25-17-46-31-22(25)12-13-45-31/h3-11,18,22-29,31-32,37-39H,12-17,34H2,1-2H3,(H,35,42)(H,40,41)/t22-,23-,24+,25-,26+,27-,28+,29-,31+,32+/m0/s1. The van der Waals surface area contributed by atoms with Crippen LogP contribution >= 0.6 is 0 Å². The molecule has 17 heteroatoms. The van der Waals surface area contributed by atoms with E-state index in [1.165, 1.54) is 24.3 Å². The van der Waals surface area contributed by atoms with Gasteiger partial charge in [0.2, 0.25) is 10.0 Å². The molecule has 5 rings (SSSR count). The summed E-state index contributed by atoms with van der Waals surface area (Å²) in [4.78, 5) is 25.4. The molecule has 0 spiro atoms. The van der Waals surface area contributed by atoms with E-state index in [1.54, 1.807) is 30.3 Å². The van der Waals surface area contributed by atoms with E-state index in [1.807, 2.05) is 13.8 Å². The quantitative estimate of drug-likeness (QED) is 0.144. The first-order chi connectivity index (χ1) is 23.7. The summed E-state index contributed by atoms with van der Waals surface area (Å²) < 4.78 is 57.9. The number of fused-ring (bicyclic) bond motifs is 1. The summed E-state index contributed by atoms with van der Waals surface area (Å²) in [6.45, 7) is 3.75. The van der Waals surface area contributed by atoms with Gasteiger partial charge in [0.1, 0.15) is 24.4 Å². The van der Waals surface area contributed by atoms with Crippen LogP contribution in [0.2, 0.25) is 0 Å². The minimum Gasteiger partial charge on any atom is -0.479 e. The Kier molecular flexibility index (Phi) is 12.3. The molecule has 1 amide bonds. The molecular weight excluding hydrogens is 678 g/mol. The van der Waals surface area contributed by atoms with Crippen molar-refractivity contribution in [2.45, 2.75) is 86.8 Å². The third-order valence-electron chi connectivity index (χ3n) is 8.89. The highest BCUT2D eigenvalue weighted by Crippen LogP contribution is 2.33. The van der Waals surface area contributed by atoms with Gasteiger partial charge in [-0.05, 0) is 48.6 Å². The highest BCUT2D eigenvalue weighted by Gasteiger charge is 2.49. The molecule has 0 bridgehead atoms. The second-order valence-electron chi connectivity index (χ2n) is 13.1. The largest absolute Gasteiger partial charge is 0.479 e. The number of aliphatic carboxylic acids is 1. The zero-order valence-corrected chi connectivity index (χ0v) is 28.5. The number of nitrogens with one attached hydrogen (secondary N) is 1. The number of nitrogens with zero attached hydrogens (tertiary/aromatic N) is 1. The van der Waals surface area contributed by atoms with Crippen molar-refractivity contribution >= 4 is 27.8 Å². The molecule has 3 saturated heterocycles. The summed E-state index contributed by atoms with van der Waals surface area (Å²) in [6.07, 6.45) is -12.4. The average molecular weight is 724 g/mol. The van der Waals surface area contributed by atoms with Crippen LogP contribution in [0.5, 0.6) is 0 Å². The fraction of sp³-hybridized carbons (Fsp3) is 0.576. The van der Waals surface area contributed by atoms with E-state index < -0.39 is 83.9 Å². The lowest BCUT2D eigenvalue weighted by Gasteiger charge is -2.42. The molecule has 0 aliphatic carbocycles. The van der Waals surface area contributed by atoms with Crippen molar-refractivity contribution in [3.8, 4) is 0 Å². The SMILES string of the molecule is CC(C)CN(C[C@@H](O[C@@H]1O[C@H](C(=O)O)[C@@H](O)[C@@H](O)[C@H]1O)[C@H](Cc1ccccc1)NC(=O)O[C@H]1CO[C@H]2OCC[C@H]21)S(=O)(=O)c1ccc(N)cc1. The number of amides is 1. The number of alkyl carbamates (subject to hydrolysis) is 1. The van der Waals surface area contributed by atoms with Crippen LogP contribution in [-0.4, -0.2) is 127 Å². The van der Waals surface area contributed by atoms with Crippen molar-refractivity contribution in [3.63, 3.8) is 0 Å². The summed E-state index contributed by atoms with van der Waals surface area (Å²) >= 11 is 0. The Hall–Kier alpha value is -3.39. The molecule has 0 radical (unpaired) electrons. The number of benzene rings is 2. The smallest absolute Gasteiger partial charge is 0.407 e. The van der Waals surface area contributed by atoms with Crippen LogP contribution in [0.3, 0.4) is 0 Å². The third-order valence-corrected chi connectivity index (χ3v) is 10.7. The number of carboxylic acid groups (broad SMARTS) is 1. The van der Waals surface area contributed by atoms with Gasteiger partial charge in [-0.2, -0.15) is 4.31 Å². The monoisotopic (exact) mass is 723 g/mol. The van der Waals surface area contributed by atoms with Crippen molar-refractivity contribution in [3.05, 3.63) is 60.2 Å². The van der Waals surface area contributed by atoms with E-state index in [0.717, 1.165) is 4.31 Å². The topological polar surface area (TPSA) is 237 Å². The molecule has 3 heterocycles. The first-order valence-corrected chi connectivity index (χ1v) is 17.9. The lowest BCUT2D eigenvalue weighted by molar-refractivity contribution is -0.306. The number of hydrogen-bond donors (Lipinski definition) is 6. The molecule has 2 aromatic rings. The van der Waals surface area contributed by atoms with Crippen LogP contribution < -0.4 is 11.1 Å². The van der Waals surface area contributed by atoms with Gasteiger partial charge in [-0.1, -0.05) is 44.2 Å². The van der Waals surface area contributed by atoms with Crippen molar-refractivity contribution < 1.29 is 62.1 Å². The van der Waals surface area contributed by atoms with Gasteiger partial charge >= 0.3 is 12.1 Å². The Balaban J connectivity index is 1.51. The number of sulfonamides is 1. The van der Waals surface area contributed by atoms with E-state index >= 15 is 0 Å². The number of aliphatic hydroxyl groups is 3. The highest BCUT2D eigenvalue weighted by atomic mass is 32.2. The minimum atomic E-state index is -4.23. The first-order valence-electron chi connectivity index (χ1n) is 16.4. The second-order valence-corrected chi connectivity index (χ2v) is 15.0. The number of aliphatic hydroxyl groups excluding tert-OH is 3. The Morgan fingerprint density at radius 3 is 2.36 bits per heavy atom. The number of hydrogen-bond acceptors (Lipinski definition) is 13. The second kappa shape index (κ2) is 16.3. The molecule has 276 valence electrons. The molecule has 3 aliphatic heterocycles. The number of ether oxygens (including phenoxy) is 5. The molecule has 0 saturated carbocycles. The zero-order valence-electron chi connectivity index (χ0n) is 27.7. The summed E-state index contributed by atoms with van der Waals surface area (Å²) in [6, 6.07) is 13.4. The Morgan fingerprint density at radius 2 is 1.70 bits per heavy atom. The van der Waals surface area contributed by atoms with Crippen LogP contribution in [0.4, 0.5) is 10.5 Å². The van der Waals surface area contributed by atoms with Gasteiger partial charge in [0.15, 0.2) is 18.7 Å². The van der Waals surface area contributed by atoms with Gasteiger partial charge in [-0.15, -0.1) is 0 Å². The number of rotatable bonds is 14. The normalized spacial score (nSPS) is 29.4. The van der Waals surface area contributed by atoms with E-state index in [9.17, 15) is 38.4 Å². The van der Waals surface area contributed by atoms with Crippen LogP contribution in [0.1, 0.15) is 25.8 Å². The molecule has 16 nitrogen and oxygen atoms in total. The fourth-order valence-corrected chi connectivity index (χ4v) is 7.90. The van der Waals surface area contributed by atoms with Crippen molar-refractivity contribution in [1.82, 2.24) is 9.62 Å². The maximum Gasteiger partial charge on any atom is 0.407 e. The molecule has 10 atom stereocenters. The lowest BCUT2D eigenvalue weighted by atomic mass is 9.98. The van der Waals surface area contributed by atoms with E-state index in [2.05, 4.69) is 5.32 Å². The van der Waals surface area contributed by atoms with Crippen LogP contribution in [0.25, 0.3) is 0 Å². The molecule has 3 aliphatic rings. The number of nitrogen functional groups attached to an aromatic ring is 1. The van der Waals surface area contributed by atoms with Gasteiger partial charge in [0, 0.05) is 18.8 Å². The molecule has 7 N–H and O–H groups in total. The Bertz CT molecular complexity index is 1550. The maximum absolute atomic E-state index is 14.1. The number of carboxylic acids is 1. The first kappa shape index (κ1) is 37.9. The van der Waals surface area contributed by atoms with E-state index in [0.29, 0.717) is 24.3 Å². The third kappa shape index (κ3) is 8.90. The maximum atomic E-state index is 14.1. The molecule has 0 unspecified atom stereocenters. The van der Waals surface area contributed by atoms with Crippen molar-refractivity contribution in [2.75, 3.05) is 32.0 Å². The van der Waals surface area contributed by atoms with E-state index in [4.69, 9.17) is 29.4 Å². The number of nitrogens with two attached hydrogens (primary N) is 1. The van der Waals surface area contributed by atoms with E-state index in [-0.39, 0.29) is 36.3 Å². The Morgan fingerprint density at radius 1 is 1.00 bits per heavy atom. The summed E-state index contributed by atoms with van der Waals surface area (Å²) in [7, 11) is -4.23. The van der Waals surface area contributed by atoms with Crippen LogP contribution in [-0.2, 0) is 44.9 Å². The van der Waals surface area contributed by atoms with Gasteiger partial charge in [0.25, 0.3) is 0 Å². The van der Waals surface area contributed by atoms with Crippen molar-refractivity contribution in [2.24, 2.45) is 11.8 Å². The molecule has 0 aromatic heterocycles. The predicted molar refractivity (Wildman–Crippen MR) is 175 cm³/mol. The number of carbonyl (C=O) groups is 2. The van der Waals surface area contributed by atoms with Gasteiger partial charge in [-0.3, -0.25) is 0 Å². The number of anilines is 1. The molecular formula is C33H45N3O13S. The highest BCUT2D eigenvalue weighted by molar-refractivity contribution is 7.89. The number of carbonyl (C=O) groups excluding carboxylic acids is 1. The van der Waals surface area contributed by atoms with Gasteiger partial charge in [-0.25, -0.2) is 18.0 Å². The predicted octanol–water partition coefficient (Wildman–Crippen LogP) is 0.292. The summed E-state index contributed by atoms with van der Waals surface area (Å²) in [5.41, 5.74) is 6.87. The lowest BCUT2D eigenvalue weighted by Crippen LogP contribution is -2.62. The summed E-state index contributed by atoms with van der Waals surface area (Å²) in [5.74, 6) is -1.99. The average Bonchev–Trinajstić information content (AvgIpc) is 3.69.